The molecule has 0 saturated carbocycles. The van der Waals surface area contributed by atoms with Gasteiger partial charge in [-0.05, 0) is 24.3 Å². The third-order valence-corrected chi connectivity index (χ3v) is 2.75. The molecule has 1 heterocycles. The standard InChI is InChI=1S/C15H15FN2O3/c1-10(19)17-8-9-18-15(20)14-7-6-13(21-14)11-4-2-3-5-12(11)16/h2-7H,8-9H2,1H3,(H,17,19)(H,18,20). The van der Waals surface area contributed by atoms with E-state index in [9.17, 15) is 14.0 Å². The van der Waals surface area contributed by atoms with Crippen molar-refractivity contribution in [2.24, 2.45) is 0 Å². The topological polar surface area (TPSA) is 71.3 Å². The fourth-order valence-corrected chi connectivity index (χ4v) is 1.77. The van der Waals surface area contributed by atoms with Gasteiger partial charge in [0.15, 0.2) is 5.76 Å². The van der Waals surface area contributed by atoms with E-state index >= 15 is 0 Å². The highest BCUT2D eigenvalue weighted by Crippen LogP contribution is 2.24. The quantitative estimate of drug-likeness (QED) is 0.827. The lowest BCUT2D eigenvalue weighted by molar-refractivity contribution is -0.118. The highest BCUT2D eigenvalue weighted by atomic mass is 19.1. The number of rotatable bonds is 5. The molecule has 1 aromatic carbocycles. The Morgan fingerprint density at radius 1 is 1.10 bits per heavy atom. The molecule has 0 bridgehead atoms. The van der Waals surface area contributed by atoms with Crippen LogP contribution in [0.1, 0.15) is 17.5 Å². The predicted octanol–water partition coefficient (Wildman–Crippen LogP) is 1.95. The lowest BCUT2D eigenvalue weighted by Gasteiger charge is -2.03. The number of halogens is 1. The number of furan rings is 1. The van der Waals surface area contributed by atoms with E-state index in [0.29, 0.717) is 17.9 Å². The number of nitrogens with one attached hydrogen (secondary N) is 2. The molecule has 2 amide bonds. The summed E-state index contributed by atoms with van der Waals surface area (Å²) in [6.45, 7) is 2.02. The zero-order valence-electron chi connectivity index (χ0n) is 11.5. The van der Waals surface area contributed by atoms with Crippen molar-refractivity contribution in [1.82, 2.24) is 10.6 Å². The predicted molar refractivity (Wildman–Crippen MR) is 75.1 cm³/mol. The summed E-state index contributed by atoms with van der Waals surface area (Å²) in [6.07, 6.45) is 0. The van der Waals surface area contributed by atoms with Crippen LogP contribution >= 0.6 is 0 Å². The molecule has 0 aliphatic carbocycles. The molecule has 1 aromatic heterocycles. The third kappa shape index (κ3) is 3.92. The van der Waals surface area contributed by atoms with Crippen molar-refractivity contribution in [3.63, 3.8) is 0 Å². The molecule has 110 valence electrons. The summed E-state index contributed by atoms with van der Waals surface area (Å²) in [4.78, 5) is 22.5. The van der Waals surface area contributed by atoms with E-state index < -0.39 is 11.7 Å². The van der Waals surface area contributed by atoms with Gasteiger partial charge in [-0.2, -0.15) is 0 Å². The summed E-state index contributed by atoms with van der Waals surface area (Å²) in [5.41, 5.74) is 0.301. The lowest BCUT2D eigenvalue weighted by atomic mass is 10.1. The maximum Gasteiger partial charge on any atom is 0.287 e. The van der Waals surface area contributed by atoms with E-state index in [1.807, 2.05) is 0 Å². The molecule has 0 aliphatic rings. The van der Waals surface area contributed by atoms with E-state index in [-0.39, 0.29) is 18.2 Å². The highest BCUT2D eigenvalue weighted by Gasteiger charge is 2.13. The first-order valence-corrected chi connectivity index (χ1v) is 6.45. The molecule has 0 aliphatic heterocycles. The molecule has 2 rings (SSSR count). The van der Waals surface area contributed by atoms with E-state index in [1.54, 1.807) is 24.3 Å². The maximum absolute atomic E-state index is 13.6. The fraction of sp³-hybridized carbons (Fsp3) is 0.200. The van der Waals surface area contributed by atoms with E-state index in [1.165, 1.54) is 19.1 Å². The zero-order chi connectivity index (χ0) is 15.2. The van der Waals surface area contributed by atoms with Gasteiger partial charge in [0.05, 0.1) is 5.56 Å². The maximum atomic E-state index is 13.6. The van der Waals surface area contributed by atoms with Crippen LogP contribution in [0.4, 0.5) is 4.39 Å². The highest BCUT2D eigenvalue weighted by molar-refractivity contribution is 5.92. The van der Waals surface area contributed by atoms with Gasteiger partial charge in [-0.15, -0.1) is 0 Å². The van der Waals surface area contributed by atoms with E-state index in [4.69, 9.17) is 4.42 Å². The van der Waals surface area contributed by atoms with Crippen LogP contribution in [-0.4, -0.2) is 24.9 Å². The van der Waals surface area contributed by atoms with Gasteiger partial charge in [-0.3, -0.25) is 9.59 Å². The minimum Gasteiger partial charge on any atom is -0.451 e. The van der Waals surface area contributed by atoms with Crippen molar-refractivity contribution >= 4 is 11.8 Å². The molecule has 0 radical (unpaired) electrons. The fourth-order valence-electron chi connectivity index (χ4n) is 1.77. The second-order valence-corrected chi connectivity index (χ2v) is 4.38. The smallest absolute Gasteiger partial charge is 0.287 e. The molecule has 6 heteroatoms. The van der Waals surface area contributed by atoms with Gasteiger partial charge >= 0.3 is 0 Å². The summed E-state index contributed by atoms with van der Waals surface area (Å²) < 4.78 is 19.0. The van der Waals surface area contributed by atoms with Crippen molar-refractivity contribution in [2.75, 3.05) is 13.1 Å². The number of carbonyl (C=O) groups excluding carboxylic acids is 2. The number of amides is 2. The Morgan fingerprint density at radius 2 is 1.81 bits per heavy atom. The molecule has 2 aromatic rings. The Kier molecular flexibility index (Phi) is 4.71. The van der Waals surface area contributed by atoms with Crippen LogP contribution in [0.15, 0.2) is 40.8 Å². The van der Waals surface area contributed by atoms with Gasteiger partial charge in [0.1, 0.15) is 11.6 Å². The minimum atomic E-state index is -0.414. The molecule has 0 unspecified atom stereocenters. The van der Waals surface area contributed by atoms with Crippen LogP contribution in [0.2, 0.25) is 0 Å². The molecule has 2 N–H and O–H groups in total. The monoisotopic (exact) mass is 290 g/mol. The first-order valence-electron chi connectivity index (χ1n) is 6.45. The molecular formula is C15H15FN2O3. The Labute approximate surface area is 121 Å². The Morgan fingerprint density at radius 3 is 2.52 bits per heavy atom. The molecule has 21 heavy (non-hydrogen) atoms. The van der Waals surface area contributed by atoms with Crippen LogP contribution in [0.5, 0.6) is 0 Å². The van der Waals surface area contributed by atoms with Crippen LogP contribution in [0.25, 0.3) is 11.3 Å². The summed E-state index contributed by atoms with van der Waals surface area (Å²) in [6, 6.07) is 9.19. The first kappa shape index (κ1) is 14.8. The summed E-state index contributed by atoms with van der Waals surface area (Å²) in [5, 5.41) is 5.15. The molecule has 0 fully saturated rings. The lowest BCUT2D eigenvalue weighted by Crippen LogP contribution is -2.33. The van der Waals surface area contributed by atoms with E-state index in [2.05, 4.69) is 10.6 Å². The normalized spacial score (nSPS) is 10.2. The summed E-state index contributed by atoms with van der Waals surface area (Å²) >= 11 is 0. The Hall–Kier alpha value is -2.63. The van der Waals surface area contributed by atoms with Gasteiger partial charge in [0.25, 0.3) is 5.91 Å². The van der Waals surface area contributed by atoms with Gasteiger partial charge in [0, 0.05) is 20.0 Å². The zero-order valence-corrected chi connectivity index (χ0v) is 11.5. The Bertz CT molecular complexity index is 652. The van der Waals surface area contributed by atoms with Gasteiger partial charge in [-0.25, -0.2) is 4.39 Å². The molecule has 0 saturated heterocycles. The Balaban J connectivity index is 1.98. The summed E-state index contributed by atoms with van der Waals surface area (Å²) in [7, 11) is 0. The van der Waals surface area contributed by atoms with Gasteiger partial charge in [-0.1, -0.05) is 12.1 Å². The molecule has 0 atom stereocenters. The number of hydrogen-bond acceptors (Lipinski definition) is 3. The average molecular weight is 290 g/mol. The third-order valence-electron chi connectivity index (χ3n) is 2.75. The van der Waals surface area contributed by atoms with Crippen LogP contribution in [-0.2, 0) is 4.79 Å². The summed E-state index contributed by atoms with van der Waals surface area (Å²) in [5.74, 6) is -0.604. The van der Waals surface area contributed by atoms with Crippen molar-refractivity contribution in [3.05, 3.63) is 48.0 Å². The van der Waals surface area contributed by atoms with Crippen LogP contribution in [0.3, 0.4) is 0 Å². The molecule has 0 spiro atoms. The average Bonchev–Trinajstić information content (AvgIpc) is 2.93. The second-order valence-electron chi connectivity index (χ2n) is 4.38. The SMILES string of the molecule is CC(=O)NCCNC(=O)c1ccc(-c2ccccc2F)o1. The molecule has 5 nitrogen and oxygen atoms in total. The van der Waals surface area contributed by atoms with Crippen LogP contribution < -0.4 is 10.6 Å². The first-order chi connectivity index (χ1) is 10.1. The van der Waals surface area contributed by atoms with Crippen molar-refractivity contribution in [1.29, 1.82) is 0 Å². The van der Waals surface area contributed by atoms with Gasteiger partial charge < -0.3 is 15.1 Å². The second kappa shape index (κ2) is 6.69. The minimum absolute atomic E-state index is 0.0936. The number of hydrogen-bond donors (Lipinski definition) is 2. The van der Waals surface area contributed by atoms with Crippen LogP contribution in [0, 0.1) is 5.82 Å². The van der Waals surface area contributed by atoms with Crippen molar-refractivity contribution in [2.45, 2.75) is 6.92 Å². The number of carbonyl (C=O) groups is 2. The largest absolute Gasteiger partial charge is 0.451 e. The van der Waals surface area contributed by atoms with Crippen molar-refractivity contribution in [3.8, 4) is 11.3 Å². The van der Waals surface area contributed by atoms with Crippen molar-refractivity contribution < 1.29 is 18.4 Å². The van der Waals surface area contributed by atoms with Gasteiger partial charge in [0.2, 0.25) is 5.91 Å². The molecular weight excluding hydrogens is 275 g/mol. The number of benzene rings is 1. The van der Waals surface area contributed by atoms with E-state index in [0.717, 1.165) is 0 Å².